The van der Waals surface area contributed by atoms with Crippen LogP contribution in [0.4, 0.5) is 5.82 Å². The van der Waals surface area contributed by atoms with Gasteiger partial charge in [-0.05, 0) is 6.42 Å². The lowest BCUT2D eigenvalue weighted by Gasteiger charge is -1.98. The van der Waals surface area contributed by atoms with Crippen molar-refractivity contribution in [3.63, 3.8) is 0 Å². The molecule has 5 heteroatoms. The molecule has 0 aliphatic rings. The average Bonchev–Trinajstić information content (AvgIpc) is 2.05. The first-order chi connectivity index (χ1) is 5.83. The van der Waals surface area contributed by atoms with Crippen LogP contribution in [0.15, 0.2) is 17.4 Å². The first kappa shape index (κ1) is 9.28. The molecule has 1 rings (SSSR count). The predicted octanol–water partition coefficient (Wildman–Crippen LogP) is 0.533. The third-order valence-corrected chi connectivity index (χ3v) is 2.23. The van der Waals surface area contributed by atoms with Gasteiger partial charge in [-0.15, -0.1) is 11.8 Å². The highest BCUT2D eigenvalue weighted by Gasteiger charge is 1.95. The molecule has 0 fully saturated rings. The molecule has 12 heavy (non-hydrogen) atoms. The Bertz CT molecular complexity index is 244. The number of nitrogens with zero attached hydrogens (tertiary/aromatic N) is 2. The van der Waals surface area contributed by atoms with Gasteiger partial charge >= 0.3 is 0 Å². The minimum Gasteiger partial charge on any atom is -0.396 e. The van der Waals surface area contributed by atoms with Crippen molar-refractivity contribution in [1.82, 2.24) is 9.97 Å². The van der Waals surface area contributed by atoms with E-state index in [1.54, 1.807) is 17.8 Å². The molecule has 0 bridgehead atoms. The maximum Gasteiger partial charge on any atom is 0.127 e. The van der Waals surface area contributed by atoms with Crippen LogP contribution in [0.5, 0.6) is 0 Å². The Morgan fingerprint density at radius 2 is 2.33 bits per heavy atom. The highest BCUT2D eigenvalue weighted by molar-refractivity contribution is 7.99. The second-order valence-corrected chi connectivity index (χ2v) is 3.32. The van der Waals surface area contributed by atoms with Gasteiger partial charge in [0, 0.05) is 18.4 Å². The van der Waals surface area contributed by atoms with Crippen LogP contribution in [0, 0.1) is 0 Å². The van der Waals surface area contributed by atoms with E-state index in [1.165, 1.54) is 6.33 Å². The van der Waals surface area contributed by atoms with Gasteiger partial charge in [0.05, 0.1) is 0 Å². The summed E-state index contributed by atoms with van der Waals surface area (Å²) in [6.45, 7) is 0.216. The summed E-state index contributed by atoms with van der Waals surface area (Å²) >= 11 is 1.57. The van der Waals surface area contributed by atoms with Crippen LogP contribution >= 0.6 is 11.8 Å². The number of anilines is 1. The smallest absolute Gasteiger partial charge is 0.127 e. The second-order valence-electron chi connectivity index (χ2n) is 2.21. The van der Waals surface area contributed by atoms with Gasteiger partial charge in [0.2, 0.25) is 0 Å². The summed E-state index contributed by atoms with van der Waals surface area (Å²) in [6, 6.07) is 1.72. The third-order valence-electron chi connectivity index (χ3n) is 1.22. The van der Waals surface area contributed by atoms with E-state index < -0.39 is 0 Å². The van der Waals surface area contributed by atoms with E-state index >= 15 is 0 Å². The fourth-order valence-electron chi connectivity index (χ4n) is 0.674. The van der Waals surface area contributed by atoms with Crippen LogP contribution in [0.3, 0.4) is 0 Å². The number of nitrogens with two attached hydrogens (primary N) is 1. The highest BCUT2D eigenvalue weighted by Crippen LogP contribution is 2.16. The van der Waals surface area contributed by atoms with Crippen LogP contribution in [-0.2, 0) is 0 Å². The quantitative estimate of drug-likeness (QED) is 0.407. The molecule has 0 atom stereocenters. The predicted molar refractivity (Wildman–Crippen MR) is 48.9 cm³/mol. The molecule has 66 valence electrons. The molecular weight excluding hydrogens is 174 g/mol. The number of hydrogen-bond acceptors (Lipinski definition) is 5. The molecule has 1 aromatic heterocycles. The minimum atomic E-state index is 0.216. The zero-order valence-electron chi connectivity index (χ0n) is 6.60. The lowest BCUT2D eigenvalue weighted by atomic mass is 10.5. The Kier molecular flexibility index (Phi) is 3.83. The maximum absolute atomic E-state index is 8.53. The molecule has 1 heterocycles. The van der Waals surface area contributed by atoms with Gasteiger partial charge in [0.25, 0.3) is 0 Å². The van der Waals surface area contributed by atoms with Gasteiger partial charge in [-0.1, -0.05) is 0 Å². The van der Waals surface area contributed by atoms with E-state index in [0.717, 1.165) is 17.2 Å². The molecule has 3 N–H and O–H groups in total. The lowest BCUT2D eigenvalue weighted by Crippen LogP contribution is -1.92. The molecule has 0 radical (unpaired) electrons. The summed E-state index contributed by atoms with van der Waals surface area (Å²) in [7, 11) is 0. The number of aliphatic hydroxyl groups is 1. The van der Waals surface area contributed by atoms with Crippen molar-refractivity contribution in [2.45, 2.75) is 11.4 Å². The highest BCUT2D eigenvalue weighted by atomic mass is 32.2. The first-order valence-electron chi connectivity index (χ1n) is 3.64. The maximum atomic E-state index is 8.53. The molecule has 0 spiro atoms. The van der Waals surface area contributed by atoms with Crippen molar-refractivity contribution in [3.8, 4) is 0 Å². The van der Waals surface area contributed by atoms with Crippen LogP contribution in [0.25, 0.3) is 0 Å². The number of hydrogen-bond donors (Lipinski definition) is 2. The summed E-state index contributed by atoms with van der Waals surface area (Å²) in [5.74, 6) is 1.34. The summed E-state index contributed by atoms with van der Waals surface area (Å²) in [5, 5.41) is 9.39. The van der Waals surface area contributed by atoms with Crippen molar-refractivity contribution in [2.24, 2.45) is 0 Å². The summed E-state index contributed by atoms with van der Waals surface area (Å²) in [4.78, 5) is 7.77. The van der Waals surface area contributed by atoms with Gasteiger partial charge in [0.15, 0.2) is 0 Å². The number of nitrogen functional groups attached to an aromatic ring is 1. The second kappa shape index (κ2) is 4.95. The van der Waals surface area contributed by atoms with Gasteiger partial charge in [-0.25, -0.2) is 9.97 Å². The van der Waals surface area contributed by atoms with Crippen molar-refractivity contribution in [1.29, 1.82) is 0 Å². The largest absolute Gasteiger partial charge is 0.396 e. The Hall–Kier alpha value is -0.810. The van der Waals surface area contributed by atoms with E-state index in [0.29, 0.717) is 5.82 Å². The van der Waals surface area contributed by atoms with E-state index in [2.05, 4.69) is 9.97 Å². The summed E-state index contributed by atoms with van der Waals surface area (Å²) in [5.41, 5.74) is 5.45. The van der Waals surface area contributed by atoms with Crippen molar-refractivity contribution in [3.05, 3.63) is 12.4 Å². The van der Waals surface area contributed by atoms with E-state index in [-0.39, 0.29) is 6.61 Å². The van der Waals surface area contributed by atoms with Gasteiger partial charge in [-0.3, -0.25) is 0 Å². The van der Waals surface area contributed by atoms with Crippen LogP contribution in [0.1, 0.15) is 6.42 Å². The summed E-state index contributed by atoms with van der Waals surface area (Å²) < 4.78 is 0. The zero-order chi connectivity index (χ0) is 8.81. The standard InChI is InChI=1S/C7H11N3OS/c8-6-4-7(10-5-9-6)12-3-1-2-11/h4-5,11H,1-3H2,(H2,8,9,10). The Balaban J connectivity index is 2.41. The van der Waals surface area contributed by atoms with Crippen molar-refractivity contribution in [2.75, 3.05) is 18.1 Å². The van der Waals surface area contributed by atoms with Gasteiger partial charge < -0.3 is 10.8 Å². The number of aromatic nitrogens is 2. The fourth-order valence-corrected chi connectivity index (χ4v) is 1.48. The molecule has 0 amide bonds. The molecule has 0 saturated carbocycles. The van der Waals surface area contributed by atoms with Crippen LogP contribution < -0.4 is 5.73 Å². The SMILES string of the molecule is Nc1cc(SCCCO)ncn1. The third kappa shape index (κ3) is 3.06. The lowest BCUT2D eigenvalue weighted by molar-refractivity contribution is 0.296. The van der Waals surface area contributed by atoms with Gasteiger partial charge in [-0.2, -0.15) is 0 Å². The molecule has 0 unspecified atom stereocenters. The molecular formula is C7H11N3OS. The molecule has 1 aromatic rings. The van der Waals surface area contributed by atoms with E-state index in [4.69, 9.17) is 10.8 Å². The number of aliphatic hydroxyl groups excluding tert-OH is 1. The van der Waals surface area contributed by atoms with Crippen LogP contribution in [0.2, 0.25) is 0 Å². The fraction of sp³-hybridized carbons (Fsp3) is 0.429. The molecule has 0 aliphatic carbocycles. The van der Waals surface area contributed by atoms with Crippen LogP contribution in [-0.4, -0.2) is 27.4 Å². The number of thioether (sulfide) groups is 1. The molecule has 0 saturated heterocycles. The van der Waals surface area contributed by atoms with Crippen molar-refractivity contribution >= 4 is 17.6 Å². The number of rotatable bonds is 4. The van der Waals surface area contributed by atoms with Gasteiger partial charge in [0.1, 0.15) is 17.2 Å². The normalized spacial score (nSPS) is 10.1. The zero-order valence-corrected chi connectivity index (χ0v) is 7.42. The Labute approximate surface area is 75.2 Å². The average molecular weight is 185 g/mol. The minimum absolute atomic E-state index is 0.216. The Morgan fingerprint density at radius 3 is 3.00 bits per heavy atom. The van der Waals surface area contributed by atoms with Crippen molar-refractivity contribution < 1.29 is 5.11 Å². The molecule has 0 aromatic carbocycles. The first-order valence-corrected chi connectivity index (χ1v) is 4.62. The monoisotopic (exact) mass is 185 g/mol. The van der Waals surface area contributed by atoms with E-state index in [9.17, 15) is 0 Å². The summed E-state index contributed by atoms with van der Waals surface area (Å²) in [6.07, 6.45) is 2.21. The topological polar surface area (TPSA) is 72.0 Å². The Morgan fingerprint density at radius 1 is 1.50 bits per heavy atom. The van der Waals surface area contributed by atoms with E-state index in [1.807, 2.05) is 0 Å². The molecule has 4 nitrogen and oxygen atoms in total. The molecule has 0 aliphatic heterocycles.